The van der Waals surface area contributed by atoms with E-state index in [1.165, 1.54) is 0 Å². The fourth-order valence-corrected chi connectivity index (χ4v) is 0.865. The molecule has 0 aromatic heterocycles. The molecule has 0 aromatic rings. The molecule has 0 N–H and O–H groups in total. The Morgan fingerprint density at radius 3 is 2.58 bits per heavy atom. The molecule has 0 aliphatic carbocycles. The van der Waals surface area contributed by atoms with Gasteiger partial charge in [0.25, 0.3) is 5.92 Å². The van der Waals surface area contributed by atoms with Crippen molar-refractivity contribution < 1.29 is 18.3 Å². The molecule has 72 valence electrons. The van der Waals surface area contributed by atoms with E-state index in [9.17, 15) is 13.6 Å². The van der Waals surface area contributed by atoms with E-state index in [0.717, 1.165) is 0 Å². The summed E-state index contributed by atoms with van der Waals surface area (Å²) in [6, 6.07) is 0. The highest BCUT2D eigenvalue weighted by molar-refractivity contribution is 9.09. The summed E-state index contributed by atoms with van der Waals surface area (Å²) >= 11 is 2.66. The van der Waals surface area contributed by atoms with Gasteiger partial charge in [0.05, 0.1) is 18.4 Å². The second kappa shape index (κ2) is 5.45. The van der Waals surface area contributed by atoms with Gasteiger partial charge in [0.1, 0.15) is 0 Å². The number of alkyl halides is 3. The molecule has 0 fully saturated rings. The topological polar surface area (TPSA) is 26.3 Å². The molecule has 12 heavy (non-hydrogen) atoms. The number of hydrogen-bond donors (Lipinski definition) is 0. The lowest BCUT2D eigenvalue weighted by molar-refractivity contribution is -0.144. The monoisotopic (exact) mass is 244 g/mol. The van der Waals surface area contributed by atoms with Gasteiger partial charge >= 0.3 is 5.97 Å². The summed E-state index contributed by atoms with van der Waals surface area (Å²) in [6.45, 7) is 1.87. The van der Waals surface area contributed by atoms with E-state index >= 15 is 0 Å². The van der Waals surface area contributed by atoms with Crippen LogP contribution in [0.5, 0.6) is 0 Å². The van der Waals surface area contributed by atoms with Gasteiger partial charge in [-0.25, -0.2) is 8.78 Å². The minimum Gasteiger partial charge on any atom is -0.466 e. The third kappa shape index (κ3) is 5.46. The molecule has 2 nitrogen and oxygen atoms in total. The Morgan fingerprint density at radius 1 is 1.58 bits per heavy atom. The maximum absolute atomic E-state index is 12.5. The molecule has 0 aromatic carbocycles. The van der Waals surface area contributed by atoms with E-state index in [-0.39, 0.29) is 13.0 Å². The fourth-order valence-electron chi connectivity index (χ4n) is 0.585. The smallest absolute Gasteiger partial charge is 0.305 e. The van der Waals surface area contributed by atoms with Crippen LogP contribution in [-0.4, -0.2) is 23.8 Å². The lowest BCUT2D eigenvalue weighted by atomic mass is 10.2. The minimum atomic E-state index is -2.81. The molecule has 0 radical (unpaired) electrons. The van der Waals surface area contributed by atoms with Gasteiger partial charge in [-0.3, -0.25) is 4.79 Å². The number of halogens is 3. The van der Waals surface area contributed by atoms with Gasteiger partial charge < -0.3 is 4.74 Å². The van der Waals surface area contributed by atoms with Crippen LogP contribution in [0, 0.1) is 0 Å². The van der Waals surface area contributed by atoms with E-state index in [4.69, 9.17) is 0 Å². The average molecular weight is 245 g/mol. The van der Waals surface area contributed by atoms with Crippen LogP contribution in [0.4, 0.5) is 8.78 Å². The molecule has 0 amide bonds. The maximum atomic E-state index is 12.5. The predicted molar refractivity (Wildman–Crippen MR) is 44.6 cm³/mol. The molecule has 0 spiro atoms. The number of carbonyl (C=O) groups is 1. The average Bonchev–Trinajstić information content (AvgIpc) is 2.02. The summed E-state index contributed by atoms with van der Waals surface area (Å²) in [6.07, 6.45) is -0.691. The van der Waals surface area contributed by atoms with Crippen LogP contribution in [0.2, 0.25) is 0 Å². The predicted octanol–water partition coefficient (Wildman–Crippen LogP) is 2.36. The Hall–Kier alpha value is -0.190. The second-order valence-corrected chi connectivity index (χ2v) is 2.86. The van der Waals surface area contributed by atoms with Crippen molar-refractivity contribution in [3.05, 3.63) is 0 Å². The summed E-state index contributed by atoms with van der Waals surface area (Å²) in [5.41, 5.74) is 0. The standard InChI is InChI=1S/C7H11BrF2O2/c1-2-12-6(11)3-4-7(9,10)5-8/h2-5H2,1H3. The Bertz CT molecular complexity index is 150. The Balaban J connectivity index is 3.60. The lowest BCUT2D eigenvalue weighted by Gasteiger charge is -2.11. The van der Waals surface area contributed by atoms with Crippen LogP contribution in [0.3, 0.4) is 0 Å². The normalized spacial score (nSPS) is 11.3. The first-order valence-electron chi connectivity index (χ1n) is 3.61. The minimum absolute atomic E-state index is 0.230. The van der Waals surface area contributed by atoms with Gasteiger partial charge in [0.2, 0.25) is 0 Å². The molecule has 0 saturated carbocycles. The summed E-state index contributed by atoms with van der Waals surface area (Å²) in [4.78, 5) is 10.6. The molecule has 0 atom stereocenters. The van der Waals surface area contributed by atoms with Crippen molar-refractivity contribution in [2.45, 2.75) is 25.7 Å². The molecule has 0 aliphatic rings. The van der Waals surface area contributed by atoms with E-state index in [1.807, 2.05) is 0 Å². The van der Waals surface area contributed by atoms with Gasteiger partial charge in [0, 0.05) is 6.42 Å². The number of carbonyl (C=O) groups excluding carboxylic acids is 1. The first kappa shape index (κ1) is 11.8. The zero-order valence-electron chi connectivity index (χ0n) is 6.78. The van der Waals surface area contributed by atoms with Gasteiger partial charge in [-0.15, -0.1) is 0 Å². The number of rotatable bonds is 5. The van der Waals surface area contributed by atoms with Crippen molar-refractivity contribution in [3.63, 3.8) is 0 Å². The Labute approximate surface area is 78.4 Å². The molecule has 5 heteroatoms. The van der Waals surface area contributed by atoms with Crippen LogP contribution >= 0.6 is 15.9 Å². The molecule has 0 rings (SSSR count). The van der Waals surface area contributed by atoms with Gasteiger partial charge in [-0.1, -0.05) is 15.9 Å². The molecule has 0 unspecified atom stereocenters. The first-order chi connectivity index (χ1) is 5.52. The van der Waals surface area contributed by atoms with Crippen molar-refractivity contribution >= 4 is 21.9 Å². The third-order valence-corrected chi connectivity index (χ3v) is 2.02. The van der Waals surface area contributed by atoms with E-state index < -0.39 is 23.6 Å². The SMILES string of the molecule is CCOC(=O)CCC(F)(F)CBr. The summed E-state index contributed by atoms with van der Waals surface area (Å²) in [5, 5.41) is -0.417. The number of hydrogen-bond acceptors (Lipinski definition) is 2. The second-order valence-electron chi connectivity index (χ2n) is 2.29. The van der Waals surface area contributed by atoms with E-state index in [0.29, 0.717) is 0 Å². The van der Waals surface area contributed by atoms with Crippen molar-refractivity contribution in [3.8, 4) is 0 Å². The van der Waals surface area contributed by atoms with Crippen LogP contribution in [0.15, 0.2) is 0 Å². The number of esters is 1. The molecular weight excluding hydrogens is 234 g/mol. The quantitative estimate of drug-likeness (QED) is 0.549. The number of ether oxygens (including phenoxy) is 1. The van der Waals surface area contributed by atoms with Gasteiger partial charge in [-0.2, -0.15) is 0 Å². The van der Waals surface area contributed by atoms with E-state index in [1.54, 1.807) is 6.92 Å². The highest BCUT2D eigenvalue weighted by atomic mass is 79.9. The Morgan fingerprint density at radius 2 is 2.17 bits per heavy atom. The molecule has 0 saturated heterocycles. The Kier molecular flexibility index (Phi) is 5.37. The highest BCUT2D eigenvalue weighted by Crippen LogP contribution is 2.22. The summed E-state index contributed by atoms with van der Waals surface area (Å²) in [7, 11) is 0. The van der Waals surface area contributed by atoms with Crippen molar-refractivity contribution in [1.82, 2.24) is 0 Å². The van der Waals surface area contributed by atoms with Gasteiger partial charge in [-0.05, 0) is 6.92 Å². The van der Waals surface area contributed by atoms with Gasteiger partial charge in [0.15, 0.2) is 0 Å². The summed E-state index contributed by atoms with van der Waals surface area (Å²) in [5.74, 6) is -3.38. The molecule has 0 aliphatic heterocycles. The third-order valence-electron chi connectivity index (χ3n) is 1.20. The van der Waals surface area contributed by atoms with Crippen LogP contribution < -0.4 is 0 Å². The molecule has 0 heterocycles. The lowest BCUT2D eigenvalue weighted by Crippen LogP contribution is -2.20. The van der Waals surface area contributed by atoms with Crippen LogP contribution in [0.25, 0.3) is 0 Å². The van der Waals surface area contributed by atoms with Crippen molar-refractivity contribution in [2.75, 3.05) is 11.9 Å². The van der Waals surface area contributed by atoms with Crippen molar-refractivity contribution in [2.24, 2.45) is 0 Å². The van der Waals surface area contributed by atoms with Crippen LogP contribution in [0.1, 0.15) is 19.8 Å². The molecule has 0 bridgehead atoms. The first-order valence-corrected chi connectivity index (χ1v) is 4.73. The van der Waals surface area contributed by atoms with Crippen LogP contribution in [-0.2, 0) is 9.53 Å². The molecular formula is C7H11BrF2O2. The zero-order valence-corrected chi connectivity index (χ0v) is 8.36. The fraction of sp³-hybridized carbons (Fsp3) is 0.857. The van der Waals surface area contributed by atoms with E-state index in [2.05, 4.69) is 20.7 Å². The highest BCUT2D eigenvalue weighted by Gasteiger charge is 2.27. The van der Waals surface area contributed by atoms with Crippen molar-refractivity contribution in [1.29, 1.82) is 0 Å². The largest absolute Gasteiger partial charge is 0.466 e. The summed E-state index contributed by atoms with van der Waals surface area (Å²) < 4.78 is 29.5. The maximum Gasteiger partial charge on any atom is 0.305 e. The zero-order chi connectivity index (χ0) is 9.61.